The first kappa shape index (κ1) is 20.4. The number of hydrogen-bond donors (Lipinski definition) is 0. The van der Waals surface area contributed by atoms with E-state index in [4.69, 9.17) is 0 Å². The van der Waals surface area contributed by atoms with Gasteiger partial charge in [-0.25, -0.2) is 0 Å². The van der Waals surface area contributed by atoms with Crippen LogP contribution in [0.15, 0.2) is 121 Å². The third-order valence-corrected chi connectivity index (χ3v) is 5.15. The number of hydrogen-bond acceptors (Lipinski definition) is 1. The van der Waals surface area contributed by atoms with Crippen molar-refractivity contribution in [3.05, 3.63) is 144 Å². The van der Waals surface area contributed by atoms with Gasteiger partial charge in [-0.15, -0.1) is 0 Å². The fourth-order valence-corrected chi connectivity index (χ4v) is 3.58. The van der Waals surface area contributed by atoms with Gasteiger partial charge in [0.1, 0.15) is 0 Å². The Morgan fingerprint density at radius 2 is 1.00 bits per heavy atom. The van der Waals surface area contributed by atoms with E-state index in [0.29, 0.717) is 18.7 Å². The monoisotopic (exact) mass is 403 g/mol. The molecule has 0 aliphatic rings. The van der Waals surface area contributed by atoms with E-state index in [1.54, 1.807) is 0 Å². The summed E-state index contributed by atoms with van der Waals surface area (Å²) in [4.78, 5) is 15.8. The molecule has 0 bridgehead atoms. The number of carbonyl (C=O) groups excluding carboxylic acids is 1. The van der Waals surface area contributed by atoms with Gasteiger partial charge in [0.15, 0.2) is 0 Å². The highest BCUT2D eigenvalue weighted by Crippen LogP contribution is 2.23. The Labute approximate surface area is 184 Å². The van der Waals surface area contributed by atoms with Gasteiger partial charge < -0.3 is 4.90 Å². The molecule has 0 aromatic heterocycles. The lowest BCUT2D eigenvalue weighted by atomic mass is 10.0. The molecule has 4 rings (SSSR count). The molecule has 31 heavy (non-hydrogen) atoms. The van der Waals surface area contributed by atoms with Gasteiger partial charge in [-0.1, -0.05) is 121 Å². The second-order valence-electron chi connectivity index (χ2n) is 7.47. The van der Waals surface area contributed by atoms with Crippen LogP contribution < -0.4 is 0 Å². The summed E-state index contributed by atoms with van der Waals surface area (Å²) < 4.78 is 0. The van der Waals surface area contributed by atoms with E-state index < -0.39 is 0 Å². The lowest BCUT2D eigenvalue weighted by molar-refractivity contribution is -0.126. The average Bonchev–Trinajstić information content (AvgIpc) is 2.84. The largest absolute Gasteiger partial charge is 0.330 e. The summed E-state index contributed by atoms with van der Waals surface area (Å²) in [5, 5.41) is 0. The summed E-state index contributed by atoms with van der Waals surface area (Å²) in [6, 6.07) is 40.2. The second-order valence-corrected chi connectivity index (χ2v) is 7.47. The van der Waals surface area contributed by atoms with E-state index in [2.05, 4.69) is 24.3 Å². The number of nitrogens with zero attached hydrogens (tertiary/aromatic N) is 1. The summed E-state index contributed by atoms with van der Waals surface area (Å²) in [6.07, 6.45) is 1.99. The van der Waals surface area contributed by atoms with Crippen LogP contribution in [0.2, 0.25) is 0 Å². The minimum Gasteiger partial charge on any atom is -0.330 e. The maximum Gasteiger partial charge on any atom is 0.255 e. The van der Waals surface area contributed by atoms with Gasteiger partial charge in [-0.2, -0.15) is 0 Å². The van der Waals surface area contributed by atoms with E-state index in [9.17, 15) is 4.79 Å². The maximum atomic E-state index is 13.9. The van der Waals surface area contributed by atoms with E-state index >= 15 is 0 Å². The van der Waals surface area contributed by atoms with Crippen LogP contribution in [-0.2, 0) is 17.9 Å². The lowest BCUT2D eigenvalue weighted by Gasteiger charge is -2.25. The first-order valence-electron chi connectivity index (χ1n) is 10.5. The Morgan fingerprint density at radius 3 is 1.48 bits per heavy atom. The smallest absolute Gasteiger partial charge is 0.255 e. The van der Waals surface area contributed by atoms with Crippen molar-refractivity contribution < 1.29 is 4.79 Å². The fourth-order valence-electron chi connectivity index (χ4n) is 3.58. The molecule has 0 N–H and O–H groups in total. The highest BCUT2D eigenvalue weighted by atomic mass is 16.2. The molecule has 0 aliphatic carbocycles. The predicted octanol–water partition coefficient (Wildman–Crippen LogP) is 6.46. The molecule has 4 aromatic carbocycles. The molecule has 0 spiro atoms. The van der Waals surface area contributed by atoms with Gasteiger partial charge in [0.05, 0.1) is 0 Å². The molecule has 0 atom stereocenters. The molecular weight excluding hydrogens is 378 g/mol. The van der Waals surface area contributed by atoms with Crippen LogP contribution in [-0.4, -0.2) is 10.8 Å². The standard InChI is InChI=1S/C29H25NO/c31-29(28(27-19-11-4-12-20-27)21-24-13-5-1-6-14-24)30(22-25-15-7-2-8-16-25)23-26-17-9-3-10-18-26/h1-21H,22-23H2. The van der Waals surface area contributed by atoms with Crippen molar-refractivity contribution in [2.75, 3.05) is 0 Å². The van der Waals surface area contributed by atoms with Crippen LogP contribution in [0.25, 0.3) is 11.6 Å². The van der Waals surface area contributed by atoms with Crippen LogP contribution in [0.4, 0.5) is 0 Å². The molecule has 2 nitrogen and oxygen atoms in total. The normalized spacial score (nSPS) is 11.2. The SMILES string of the molecule is O=C(C(=Cc1ccccc1)c1ccccc1)N(Cc1ccccc1)Cc1ccccc1. The van der Waals surface area contributed by atoms with E-state index in [0.717, 1.165) is 22.3 Å². The second kappa shape index (κ2) is 10.2. The molecule has 0 heterocycles. The molecule has 0 unspecified atom stereocenters. The van der Waals surface area contributed by atoms with Crippen LogP contribution in [0.1, 0.15) is 22.3 Å². The van der Waals surface area contributed by atoms with Crippen LogP contribution >= 0.6 is 0 Å². The molecule has 0 fully saturated rings. The predicted molar refractivity (Wildman–Crippen MR) is 128 cm³/mol. The molecular formula is C29H25NO. The molecule has 1 amide bonds. The molecule has 0 aliphatic heterocycles. The Balaban J connectivity index is 1.73. The first-order valence-corrected chi connectivity index (χ1v) is 10.5. The fraction of sp³-hybridized carbons (Fsp3) is 0.0690. The van der Waals surface area contributed by atoms with Crippen molar-refractivity contribution in [1.82, 2.24) is 4.90 Å². The maximum absolute atomic E-state index is 13.9. The number of rotatable bonds is 7. The van der Waals surface area contributed by atoms with Crippen LogP contribution in [0.3, 0.4) is 0 Å². The van der Waals surface area contributed by atoms with Crippen LogP contribution in [0.5, 0.6) is 0 Å². The summed E-state index contributed by atoms with van der Waals surface area (Å²) in [5.74, 6) is 0.0164. The molecule has 0 radical (unpaired) electrons. The molecule has 0 saturated heterocycles. The third kappa shape index (κ3) is 5.58. The Hall–Kier alpha value is -3.91. The molecule has 2 heteroatoms. The highest BCUT2D eigenvalue weighted by Gasteiger charge is 2.20. The Kier molecular flexibility index (Phi) is 6.71. The Bertz CT molecular complexity index is 1080. The van der Waals surface area contributed by atoms with Gasteiger partial charge in [-0.05, 0) is 28.3 Å². The van der Waals surface area contributed by atoms with Crippen molar-refractivity contribution in [2.24, 2.45) is 0 Å². The molecule has 0 saturated carbocycles. The zero-order chi connectivity index (χ0) is 21.3. The van der Waals surface area contributed by atoms with Crippen molar-refractivity contribution in [3.8, 4) is 0 Å². The topological polar surface area (TPSA) is 20.3 Å². The van der Waals surface area contributed by atoms with Crippen molar-refractivity contribution >= 4 is 17.6 Å². The average molecular weight is 404 g/mol. The lowest BCUT2D eigenvalue weighted by Crippen LogP contribution is -2.30. The number of carbonyl (C=O) groups is 1. The first-order chi connectivity index (χ1) is 15.3. The minimum atomic E-state index is 0.0164. The summed E-state index contributed by atoms with van der Waals surface area (Å²) in [6.45, 7) is 1.10. The van der Waals surface area contributed by atoms with Gasteiger partial charge in [-0.3, -0.25) is 4.79 Å². The van der Waals surface area contributed by atoms with Gasteiger partial charge in [0.2, 0.25) is 0 Å². The van der Waals surface area contributed by atoms with Gasteiger partial charge in [0, 0.05) is 18.7 Å². The zero-order valence-corrected chi connectivity index (χ0v) is 17.4. The Morgan fingerprint density at radius 1 is 0.581 bits per heavy atom. The van der Waals surface area contributed by atoms with E-state index in [-0.39, 0.29) is 5.91 Å². The van der Waals surface area contributed by atoms with Crippen molar-refractivity contribution in [3.63, 3.8) is 0 Å². The molecule has 4 aromatic rings. The van der Waals surface area contributed by atoms with Crippen molar-refractivity contribution in [1.29, 1.82) is 0 Å². The third-order valence-electron chi connectivity index (χ3n) is 5.15. The quantitative estimate of drug-likeness (QED) is 0.256. The van der Waals surface area contributed by atoms with E-state index in [1.807, 2.05) is 108 Å². The summed E-state index contributed by atoms with van der Waals surface area (Å²) in [5.41, 5.74) is 4.84. The minimum absolute atomic E-state index is 0.0164. The van der Waals surface area contributed by atoms with Gasteiger partial charge in [0.25, 0.3) is 5.91 Å². The number of benzene rings is 4. The number of amides is 1. The van der Waals surface area contributed by atoms with Gasteiger partial charge >= 0.3 is 0 Å². The summed E-state index contributed by atoms with van der Waals surface area (Å²) >= 11 is 0. The molecule has 152 valence electrons. The zero-order valence-electron chi connectivity index (χ0n) is 17.4. The highest BCUT2D eigenvalue weighted by molar-refractivity contribution is 6.24. The van der Waals surface area contributed by atoms with Crippen molar-refractivity contribution in [2.45, 2.75) is 13.1 Å². The summed E-state index contributed by atoms with van der Waals surface area (Å²) in [7, 11) is 0. The van der Waals surface area contributed by atoms with Crippen LogP contribution in [0, 0.1) is 0 Å². The van der Waals surface area contributed by atoms with E-state index in [1.165, 1.54) is 0 Å².